The number of nitrogens with one attached hydrogen (secondary N) is 1. The molecule has 2 unspecified atom stereocenters. The summed E-state index contributed by atoms with van der Waals surface area (Å²) in [6.07, 6.45) is 3.31. The van der Waals surface area contributed by atoms with Gasteiger partial charge in [0.2, 0.25) is 0 Å². The number of rotatable bonds is 7. The fourth-order valence-corrected chi connectivity index (χ4v) is 2.19. The molecule has 1 aromatic rings. The highest BCUT2D eigenvalue weighted by atomic mass is 16.5. The third-order valence-corrected chi connectivity index (χ3v) is 3.11. The van der Waals surface area contributed by atoms with Crippen LogP contribution in [0.3, 0.4) is 0 Å². The lowest BCUT2D eigenvalue weighted by Crippen LogP contribution is -2.37. The van der Waals surface area contributed by atoms with Crippen molar-refractivity contribution in [2.24, 2.45) is 5.84 Å². The van der Waals surface area contributed by atoms with Gasteiger partial charge in [0.25, 0.3) is 0 Å². The molecule has 3 heteroatoms. The monoisotopic (exact) mass is 236 g/mol. The van der Waals surface area contributed by atoms with E-state index in [2.05, 4.69) is 43.5 Å². The molecule has 0 aliphatic heterocycles. The highest BCUT2D eigenvalue weighted by molar-refractivity contribution is 5.27. The first-order chi connectivity index (χ1) is 8.26. The van der Waals surface area contributed by atoms with Crippen LogP contribution in [0.15, 0.2) is 24.3 Å². The second-order valence-electron chi connectivity index (χ2n) is 4.32. The molecule has 17 heavy (non-hydrogen) atoms. The minimum absolute atomic E-state index is 0.0572. The lowest BCUT2D eigenvalue weighted by atomic mass is 9.97. The Morgan fingerprint density at radius 1 is 1.35 bits per heavy atom. The number of methoxy groups -OCH3 is 1. The summed E-state index contributed by atoms with van der Waals surface area (Å²) in [6, 6.07) is 8.63. The molecule has 0 aliphatic rings. The Hall–Kier alpha value is -0.900. The summed E-state index contributed by atoms with van der Waals surface area (Å²) in [7, 11) is 1.73. The Bertz CT molecular complexity index is 324. The maximum atomic E-state index is 5.65. The summed E-state index contributed by atoms with van der Waals surface area (Å²) in [5.74, 6) is 5.65. The van der Waals surface area contributed by atoms with Crippen molar-refractivity contribution in [1.82, 2.24) is 5.43 Å². The molecule has 0 spiro atoms. The van der Waals surface area contributed by atoms with E-state index < -0.39 is 0 Å². The third kappa shape index (κ3) is 3.80. The molecule has 0 saturated carbocycles. The molecule has 0 heterocycles. The van der Waals surface area contributed by atoms with Crippen LogP contribution >= 0.6 is 0 Å². The zero-order chi connectivity index (χ0) is 12.7. The number of hydrogen-bond donors (Lipinski definition) is 2. The number of nitrogens with two attached hydrogens (primary N) is 1. The first-order valence-electron chi connectivity index (χ1n) is 6.34. The van der Waals surface area contributed by atoms with E-state index in [1.165, 1.54) is 11.1 Å². The summed E-state index contributed by atoms with van der Waals surface area (Å²) < 4.78 is 5.46. The first kappa shape index (κ1) is 14.2. The minimum Gasteiger partial charge on any atom is -0.379 e. The average molecular weight is 236 g/mol. The van der Waals surface area contributed by atoms with E-state index in [-0.39, 0.29) is 12.1 Å². The Morgan fingerprint density at radius 2 is 2.12 bits per heavy atom. The van der Waals surface area contributed by atoms with Crippen molar-refractivity contribution >= 4 is 0 Å². The smallest absolute Gasteiger partial charge is 0.0776 e. The Balaban J connectivity index is 2.90. The van der Waals surface area contributed by atoms with Crippen molar-refractivity contribution < 1.29 is 4.74 Å². The number of aryl methyl sites for hydroxylation is 1. The predicted octanol–water partition coefficient (Wildman–Crippen LogP) is 2.57. The van der Waals surface area contributed by atoms with E-state index in [0.29, 0.717) is 0 Å². The molecule has 1 rings (SSSR count). The summed E-state index contributed by atoms with van der Waals surface area (Å²) in [6.45, 7) is 4.30. The van der Waals surface area contributed by atoms with Gasteiger partial charge in [-0.1, -0.05) is 44.5 Å². The van der Waals surface area contributed by atoms with Crippen LogP contribution in [0.5, 0.6) is 0 Å². The van der Waals surface area contributed by atoms with Crippen LogP contribution in [-0.2, 0) is 11.2 Å². The third-order valence-electron chi connectivity index (χ3n) is 3.11. The molecule has 0 amide bonds. The highest BCUT2D eigenvalue weighted by Crippen LogP contribution is 2.21. The topological polar surface area (TPSA) is 47.3 Å². The van der Waals surface area contributed by atoms with Crippen molar-refractivity contribution in [3.8, 4) is 0 Å². The summed E-state index contributed by atoms with van der Waals surface area (Å²) in [5.41, 5.74) is 5.42. The number of benzene rings is 1. The van der Waals surface area contributed by atoms with E-state index in [1.54, 1.807) is 7.11 Å². The maximum absolute atomic E-state index is 5.65. The predicted molar refractivity (Wildman–Crippen MR) is 71.6 cm³/mol. The van der Waals surface area contributed by atoms with Gasteiger partial charge in [0.1, 0.15) is 0 Å². The van der Waals surface area contributed by atoms with Gasteiger partial charge in [-0.2, -0.15) is 0 Å². The minimum atomic E-state index is 0.0572. The summed E-state index contributed by atoms with van der Waals surface area (Å²) >= 11 is 0. The van der Waals surface area contributed by atoms with Crippen molar-refractivity contribution in [2.45, 2.75) is 45.3 Å². The lowest BCUT2D eigenvalue weighted by molar-refractivity contribution is 0.0651. The van der Waals surface area contributed by atoms with Crippen LogP contribution in [0.25, 0.3) is 0 Å². The van der Waals surface area contributed by atoms with Crippen molar-refractivity contribution in [2.75, 3.05) is 7.11 Å². The molecular weight excluding hydrogens is 212 g/mol. The molecule has 2 atom stereocenters. The van der Waals surface area contributed by atoms with Crippen LogP contribution < -0.4 is 11.3 Å². The van der Waals surface area contributed by atoms with Gasteiger partial charge in [-0.15, -0.1) is 0 Å². The number of hydrazine groups is 1. The van der Waals surface area contributed by atoms with Crippen LogP contribution in [0.4, 0.5) is 0 Å². The van der Waals surface area contributed by atoms with Gasteiger partial charge in [0, 0.05) is 7.11 Å². The van der Waals surface area contributed by atoms with Gasteiger partial charge in [-0.3, -0.25) is 11.3 Å². The van der Waals surface area contributed by atoms with Gasteiger partial charge in [-0.05, 0) is 24.0 Å². The molecule has 3 N–H and O–H groups in total. The van der Waals surface area contributed by atoms with Gasteiger partial charge in [-0.25, -0.2) is 0 Å². The van der Waals surface area contributed by atoms with Gasteiger partial charge in [0.15, 0.2) is 0 Å². The lowest BCUT2D eigenvalue weighted by Gasteiger charge is -2.25. The summed E-state index contributed by atoms with van der Waals surface area (Å²) in [5, 5.41) is 0. The molecule has 0 saturated heterocycles. The van der Waals surface area contributed by atoms with E-state index in [0.717, 1.165) is 19.3 Å². The second-order valence-corrected chi connectivity index (χ2v) is 4.32. The molecule has 3 nitrogen and oxygen atoms in total. The molecule has 0 aliphatic carbocycles. The SMILES string of the molecule is CCCc1cccc(C(NN)C(CC)OC)c1. The molecular formula is C14H24N2O. The van der Waals surface area contributed by atoms with E-state index in [9.17, 15) is 0 Å². The highest BCUT2D eigenvalue weighted by Gasteiger charge is 2.20. The number of hydrogen-bond acceptors (Lipinski definition) is 3. The Kier molecular flexibility index (Phi) is 6.19. The molecule has 0 fully saturated rings. The van der Waals surface area contributed by atoms with E-state index in [4.69, 9.17) is 10.6 Å². The number of ether oxygens (including phenoxy) is 1. The molecule has 0 radical (unpaired) electrons. The van der Waals surface area contributed by atoms with Crippen molar-refractivity contribution in [3.63, 3.8) is 0 Å². The van der Waals surface area contributed by atoms with Crippen LogP contribution in [0.1, 0.15) is 43.9 Å². The quantitative estimate of drug-likeness (QED) is 0.565. The van der Waals surface area contributed by atoms with E-state index >= 15 is 0 Å². The van der Waals surface area contributed by atoms with Crippen LogP contribution in [0.2, 0.25) is 0 Å². The fraction of sp³-hybridized carbons (Fsp3) is 0.571. The molecule has 96 valence electrons. The molecule has 0 aromatic heterocycles. The fourth-order valence-electron chi connectivity index (χ4n) is 2.19. The Labute approximate surface area is 104 Å². The van der Waals surface area contributed by atoms with Gasteiger partial charge in [0.05, 0.1) is 12.1 Å². The standard InChI is InChI=1S/C14H24N2O/c1-4-7-11-8-6-9-12(10-11)14(16-15)13(5-2)17-3/h6,8-10,13-14,16H,4-5,7,15H2,1-3H3. The normalized spacial score (nSPS) is 14.6. The zero-order valence-corrected chi connectivity index (χ0v) is 11.1. The maximum Gasteiger partial charge on any atom is 0.0776 e. The summed E-state index contributed by atoms with van der Waals surface area (Å²) in [4.78, 5) is 0. The first-order valence-corrected chi connectivity index (χ1v) is 6.34. The van der Waals surface area contributed by atoms with Gasteiger partial charge < -0.3 is 4.74 Å². The molecule has 1 aromatic carbocycles. The van der Waals surface area contributed by atoms with Crippen LogP contribution in [0, 0.1) is 0 Å². The van der Waals surface area contributed by atoms with Crippen molar-refractivity contribution in [1.29, 1.82) is 0 Å². The van der Waals surface area contributed by atoms with Gasteiger partial charge >= 0.3 is 0 Å². The average Bonchev–Trinajstić information content (AvgIpc) is 2.36. The Morgan fingerprint density at radius 3 is 2.65 bits per heavy atom. The van der Waals surface area contributed by atoms with Crippen LogP contribution in [-0.4, -0.2) is 13.2 Å². The zero-order valence-electron chi connectivity index (χ0n) is 11.1. The largest absolute Gasteiger partial charge is 0.379 e. The second kappa shape index (κ2) is 7.43. The van der Waals surface area contributed by atoms with Crippen molar-refractivity contribution in [3.05, 3.63) is 35.4 Å². The van der Waals surface area contributed by atoms with E-state index in [1.807, 2.05) is 0 Å². The molecule has 0 bridgehead atoms.